The molecule has 1 aromatic carbocycles. The summed E-state index contributed by atoms with van der Waals surface area (Å²) in [4.78, 5) is 25.2. The van der Waals surface area contributed by atoms with E-state index in [1.54, 1.807) is 7.11 Å². The topological polar surface area (TPSA) is 93.2 Å². The zero-order valence-corrected chi connectivity index (χ0v) is 18.6. The van der Waals surface area contributed by atoms with Gasteiger partial charge in [0.1, 0.15) is 16.8 Å². The molecule has 7 nitrogen and oxygen atoms in total. The van der Waals surface area contributed by atoms with Crippen molar-refractivity contribution in [1.82, 2.24) is 15.5 Å². The Labute approximate surface area is 181 Å². The van der Waals surface area contributed by atoms with E-state index < -0.39 is 6.04 Å². The van der Waals surface area contributed by atoms with Crippen molar-refractivity contribution in [2.75, 3.05) is 12.4 Å². The Balaban J connectivity index is 1.56. The van der Waals surface area contributed by atoms with Gasteiger partial charge in [-0.25, -0.2) is 0 Å². The highest BCUT2D eigenvalue weighted by molar-refractivity contribution is 7.18. The normalized spacial score (nSPS) is 15.2. The number of ether oxygens (including phenoxy) is 1. The molecule has 8 heteroatoms. The number of nitrogens with one attached hydrogen (secondary N) is 2. The van der Waals surface area contributed by atoms with E-state index in [0.29, 0.717) is 22.5 Å². The van der Waals surface area contributed by atoms with Crippen molar-refractivity contribution in [3.63, 3.8) is 0 Å². The number of carbonyl (C=O) groups excluding carboxylic acids is 2. The van der Waals surface area contributed by atoms with Crippen molar-refractivity contribution >= 4 is 28.3 Å². The summed E-state index contributed by atoms with van der Waals surface area (Å²) < 4.78 is 5.17. The maximum atomic E-state index is 12.8. The van der Waals surface area contributed by atoms with E-state index >= 15 is 0 Å². The Hall–Kier alpha value is -2.48. The smallest absolute Gasteiger partial charge is 0.249 e. The van der Waals surface area contributed by atoms with Crippen LogP contribution in [0.25, 0.3) is 10.6 Å². The zero-order chi connectivity index (χ0) is 21.5. The molecule has 0 bridgehead atoms. The van der Waals surface area contributed by atoms with E-state index in [-0.39, 0.29) is 17.7 Å². The highest BCUT2D eigenvalue weighted by Crippen LogP contribution is 2.29. The van der Waals surface area contributed by atoms with Crippen molar-refractivity contribution in [1.29, 1.82) is 0 Å². The maximum absolute atomic E-state index is 12.8. The molecule has 1 heterocycles. The van der Waals surface area contributed by atoms with E-state index in [1.165, 1.54) is 37.0 Å². The van der Waals surface area contributed by atoms with E-state index in [9.17, 15) is 9.59 Å². The molecule has 0 spiro atoms. The third kappa shape index (κ3) is 6.01. The average molecular weight is 431 g/mol. The third-order valence-electron chi connectivity index (χ3n) is 5.51. The standard InChI is InChI=1S/C22H30N4O3S/c1-14(2)19(23-18(27)13-8-15-6-4-5-7-15)20(28)24-22-26-25-21(30-22)16-9-11-17(29-3)12-10-16/h9-12,14-15,19H,4-8,13H2,1-3H3,(H,23,27)(H,24,26,28). The molecule has 1 unspecified atom stereocenters. The molecule has 1 aliphatic carbocycles. The summed E-state index contributed by atoms with van der Waals surface area (Å²) in [6.45, 7) is 3.84. The molecule has 1 aliphatic rings. The number of hydrogen-bond acceptors (Lipinski definition) is 6. The summed E-state index contributed by atoms with van der Waals surface area (Å²) in [5.41, 5.74) is 0.898. The number of benzene rings is 1. The molecule has 0 saturated heterocycles. The molecule has 2 N–H and O–H groups in total. The van der Waals surface area contributed by atoms with Gasteiger partial charge >= 0.3 is 0 Å². The van der Waals surface area contributed by atoms with Gasteiger partial charge in [0.15, 0.2) is 0 Å². The summed E-state index contributed by atoms with van der Waals surface area (Å²) in [5, 5.41) is 15.1. The van der Waals surface area contributed by atoms with Crippen LogP contribution in [-0.2, 0) is 9.59 Å². The average Bonchev–Trinajstić information content (AvgIpc) is 3.42. The van der Waals surface area contributed by atoms with Crippen LogP contribution >= 0.6 is 11.3 Å². The molecule has 1 aromatic heterocycles. The predicted molar refractivity (Wildman–Crippen MR) is 118 cm³/mol. The fourth-order valence-corrected chi connectivity index (χ4v) is 4.47. The number of carbonyl (C=O) groups is 2. The van der Waals surface area contributed by atoms with Gasteiger partial charge in [0.05, 0.1) is 7.11 Å². The van der Waals surface area contributed by atoms with Crippen LogP contribution in [-0.4, -0.2) is 35.2 Å². The van der Waals surface area contributed by atoms with Crippen LogP contribution in [0, 0.1) is 11.8 Å². The molecule has 2 amide bonds. The second-order valence-corrected chi connectivity index (χ2v) is 9.09. The van der Waals surface area contributed by atoms with Crippen LogP contribution in [0.5, 0.6) is 5.75 Å². The molecule has 30 heavy (non-hydrogen) atoms. The van der Waals surface area contributed by atoms with Gasteiger partial charge in [0, 0.05) is 12.0 Å². The number of methoxy groups -OCH3 is 1. The minimum Gasteiger partial charge on any atom is -0.497 e. The molecular weight excluding hydrogens is 400 g/mol. The second kappa shape index (κ2) is 10.5. The summed E-state index contributed by atoms with van der Waals surface area (Å²) in [7, 11) is 1.62. The molecule has 0 radical (unpaired) electrons. The highest BCUT2D eigenvalue weighted by Gasteiger charge is 2.26. The Morgan fingerprint density at radius 1 is 1.17 bits per heavy atom. The molecular formula is C22H30N4O3S. The van der Waals surface area contributed by atoms with Gasteiger partial charge in [-0.1, -0.05) is 50.9 Å². The van der Waals surface area contributed by atoms with Crippen LogP contribution < -0.4 is 15.4 Å². The second-order valence-electron chi connectivity index (χ2n) is 8.11. The van der Waals surface area contributed by atoms with Gasteiger partial charge in [-0.15, -0.1) is 10.2 Å². The number of anilines is 1. The van der Waals surface area contributed by atoms with E-state index in [1.807, 2.05) is 38.1 Å². The van der Waals surface area contributed by atoms with Crippen LogP contribution in [0.1, 0.15) is 52.4 Å². The van der Waals surface area contributed by atoms with Gasteiger partial charge in [-0.3, -0.25) is 14.9 Å². The van der Waals surface area contributed by atoms with Crippen molar-refractivity contribution in [2.45, 2.75) is 58.4 Å². The SMILES string of the molecule is COc1ccc(-c2nnc(NC(=O)C(NC(=O)CCC3CCCC3)C(C)C)s2)cc1. The quantitative estimate of drug-likeness (QED) is 0.620. The van der Waals surface area contributed by atoms with Gasteiger partial charge in [0.2, 0.25) is 16.9 Å². The Morgan fingerprint density at radius 2 is 1.87 bits per heavy atom. The molecule has 0 aliphatic heterocycles. The number of hydrogen-bond donors (Lipinski definition) is 2. The lowest BCUT2D eigenvalue weighted by atomic mass is 10.00. The number of nitrogens with zero attached hydrogens (tertiary/aromatic N) is 2. The van der Waals surface area contributed by atoms with Gasteiger partial charge in [-0.2, -0.15) is 0 Å². The summed E-state index contributed by atoms with van der Waals surface area (Å²) in [5.74, 6) is 1.05. The zero-order valence-electron chi connectivity index (χ0n) is 17.8. The fraction of sp³-hybridized carbons (Fsp3) is 0.545. The van der Waals surface area contributed by atoms with Gasteiger partial charge in [-0.05, 0) is 42.5 Å². The first-order valence-corrected chi connectivity index (χ1v) is 11.4. The van der Waals surface area contributed by atoms with Crippen LogP contribution in [0.15, 0.2) is 24.3 Å². The first-order valence-electron chi connectivity index (χ1n) is 10.5. The number of amides is 2. The molecule has 1 saturated carbocycles. The summed E-state index contributed by atoms with van der Waals surface area (Å²) >= 11 is 1.30. The third-order valence-corrected chi connectivity index (χ3v) is 6.40. The number of aromatic nitrogens is 2. The minimum absolute atomic E-state index is 0.0330. The lowest BCUT2D eigenvalue weighted by Gasteiger charge is -2.21. The molecule has 1 atom stereocenters. The molecule has 2 aromatic rings. The van der Waals surface area contributed by atoms with E-state index in [0.717, 1.165) is 17.7 Å². The largest absolute Gasteiger partial charge is 0.497 e. The van der Waals surface area contributed by atoms with Crippen molar-refractivity contribution in [3.05, 3.63) is 24.3 Å². The highest BCUT2D eigenvalue weighted by atomic mass is 32.1. The van der Waals surface area contributed by atoms with Crippen molar-refractivity contribution in [3.8, 4) is 16.3 Å². The Morgan fingerprint density at radius 3 is 2.50 bits per heavy atom. The monoisotopic (exact) mass is 430 g/mol. The predicted octanol–water partition coefficient (Wildman–Crippen LogP) is 4.26. The Kier molecular flexibility index (Phi) is 7.79. The summed E-state index contributed by atoms with van der Waals surface area (Å²) in [6, 6.07) is 6.89. The van der Waals surface area contributed by atoms with E-state index in [2.05, 4.69) is 20.8 Å². The summed E-state index contributed by atoms with van der Waals surface area (Å²) in [6.07, 6.45) is 6.35. The minimum atomic E-state index is -0.602. The first kappa shape index (κ1) is 22.2. The molecule has 3 rings (SSSR count). The molecule has 1 fully saturated rings. The lowest BCUT2D eigenvalue weighted by Crippen LogP contribution is -2.47. The van der Waals surface area contributed by atoms with Crippen LogP contribution in [0.2, 0.25) is 0 Å². The number of rotatable bonds is 9. The van der Waals surface area contributed by atoms with Gasteiger partial charge < -0.3 is 10.1 Å². The van der Waals surface area contributed by atoms with Crippen molar-refractivity contribution < 1.29 is 14.3 Å². The Bertz CT molecular complexity index is 844. The van der Waals surface area contributed by atoms with Crippen molar-refractivity contribution in [2.24, 2.45) is 11.8 Å². The first-order chi connectivity index (χ1) is 14.5. The van der Waals surface area contributed by atoms with Crippen LogP contribution in [0.4, 0.5) is 5.13 Å². The van der Waals surface area contributed by atoms with Crippen LogP contribution in [0.3, 0.4) is 0 Å². The van der Waals surface area contributed by atoms with Gasteiger partial charge in [0.25, 0.3) is 0 Å². The lowest BCUT2D eigenvalue weighted by molar-refractivity contribution is -0.127. The maximum Gasteiger partial charge on any atom is 0.249 e. The van der Waals surface area contributed by atoms with E-state index in [4.69, 9.17) is 4.74 Å². The fourth-order valence-electron chi connectivity index (χ4n) is 3.72. The molecule has 162 valence electrons.